The first-order chi connectivity index (χ1) is 5.52. The van der Waals surface area contributed by atoms with Gasteiger partial charge in [0, 0.05) is 0 Å². The lowest BCUT2D eigenvalue weighted by molar-refractivity contribution is -0.297. The standard InChI is InChI=1S/C10H16O2.H3N/c1-8(2)5-4-6-9(3)7-10(11)12;/h5,7H,4,6H2,1-3H3,(H,11,12);1H3/b9-7+;. The summed E-state index contributed by atoms with van der Waals surface area (Å²) in [6.45, 7) is 5.85. The molecule has 0 rings (SSSR count). The van der Waals surface area contributed by atoms with Crippen LogP contribution in [0.25, 0.3) is 0 Å². The van der Waals surface area contributed by atoms with Crippen molar-refractivity contribution in [1.29, 1.82) is 0 Å². The zero-order valence-electron chi connectivity index (χ0n) is 8.89. The van der Waals surface area contributed by atoms with Crippen molar-refractivity contribution in [3.63, 3.8) is 0 Å². The summed E-state index contributed by atoms with van der Waals surface area (Å²) in [7, 11) is 0. The third-order valence-corrected chi connectivity index (χ3v) is 1.46. The number of carbonyl (C=O) groups excluding carboxylic acids is 1. The van der Waals surface area contributed by atoms with E-state index in [0.717, 1.165) is 24.5 Å². The molecule has 0 aromatic carbocycles. The normalized spacial score (nSPS) is 10.2. The Morgan fingerprint density at radius 1 is 1.31 bits per heavy atom. The van der Waals surface area contributed by atoms with E-state index in [2.05, 4.69) is 6.08 Å². The number of carbonyl (C=O) groups is 1. The fourth-order valence-corrected chi connectivity index (χ4v) is 0.862. The van der Waals surface area contributed by atoms with Gasteiger partial charge >= 0.3 is 0 Å². The predicted octanol–water partition coefficient (Wildman–Crippen LogP) is 1.81. The highest BCUT2D eigenvalue weighted by atomic mass is 16.4. The number of allylic oxidation sites excluding steroid dienone is 3. The van der Waals surface area contributed by atoms with E-state index in [9.17, 15) is 9.90 Å². The fraction of sp³-hybridized carbons (Fsp3) is 0.500. The molecular formula is C10H19NO2. The second kappa shape index (κ2) is 7.55. The molecule has 0 aromatic heterocycles. The van der Waals surface area contributed by atoms with E-state index in [0.29, 0.717) is 0 Å². The van der Waals surface area contributed by atoms with Gasteiger partial charge in [0.05, 0.1) is 5.97 Å². The van der Waals surface area contributed by atoms with Gasteiger partial charge < -0.3 is 16.1 Å². The highest BCUT2D eigenvalue weighted by molar-refractivity contribution is 5.78. The molecule has 0 aliphatic rings. The van der Waals surface area contributed by atoms with Gasteiger partial charge in [-0.05, 0) is 39.7 Å². The van der Waals surface area contributed by atoms with E-state index < -0.39 is 5.97 Å². The summed E-state index contributed by atoms with van der Waals surface area (Å²) in [6.07, 6.45) is 4.93. The van der Waals surface area contributed by atoms with Crippen LogP contribution in [0, 0.1) is 0 Å². The van der Waals surface area contributed by atoms with Crippen LogP contribution in [0.5, 0.6) is 0 Å². The van der Waals surface area contributed by atoms with E-state index in [1.165, 1.54) is 5.57 Å². The highest BCUT2D eigenvalue weighted by Gasteiger charge is 1.88. The van der Waals surface area contributed by atoms with Gasteiger partial charge in [0.2, 0.25) is 0 Å². The number of quaternary nitrogens is 1. The van der Waals surface area contributed by atoms with Crippen molar-refractivity contribution < 1.29 is 9.90 Å². The molecule has 0 saturated carbocycles. The topological polar surface area (TPSA) is 76.6 Å². The van der Waals surface area contributed by atoms with E-state index in [-0.39, 0.29) is 6.15 Å². The van der Waals surface area contributed by atoms with Crippen molar-refractivity contribution in [2.24, 2.45) is 0 Å². The first kappa shape index (κ1) is 14.4. The van der Waals surface area contributed by atoms with Gasteiger partial charge in [-0.3, -0.25) is 0 Å². The van der Waals surface area contributed by atoms with Crippen LogP contribution in [0.3, 0.4) is 0 Å². The Balaban J connectivity index is 0. The second-order valence-electron chi connectivity index (χ2n) is 3.13. The quantitative estimate of drug-likeness (QED) is 0.535. The van der Waals surface area contributed by atoms with Gasteiger partial charge in [0.25, 0.3) is 0 Å². The van der Waals surface area contributed by atoms with Crippen molar-refractivity contribution >= 4 is 5.97 Å². The minimum atomic E-state index is -1.11. The smallest absolute Gasteiger partial charge is 0.0642 e. The molecule has 0 atom stereocenters. The molecule has 0 aromatic rings. The maximum absolute atomic E-state index is 10.1. The fourth-order valence-electron chi connectivity index (χ4n) is 0.862. The number of rotatable bonds is 4. The van der Waals surface area contributed by atoms with Crippen molar-refractivity contribution in [1.82, 2.24) is 6.15 Å². The van der Waals surface area contributed by atoms with Crippen LogP contribution in [0.15, 0.2) is 23.3 Å². The minimum Gasteiger partial charge on any atom is -0.545 e. The highest BCUT2D eigenvalue weighted by Crippen LogP contribution is 2.05. The van der Waals surface area contributed by atoms with Crippen LogP contribution >= 0.6 is 0 Å². The maximum Gasteiger partial charge on any atom is 0.0642 e. The zero-order valence-corrected chi connectivity index (χ0v) is 8.89. The number of aliphatic carboxylic acids is 1. The Labute approximate surface area is 79.7 Å². The molecule has 4 N–H and O–H groups in total. The summed E-state index contributed by atoms with van der Waals surface area (Å²) < 4.78 is 0. The Morgan fingerprint density at radius 2 is 1.85 bits per heavy atom. The van der Waals surface area contributed by atoms with Crippen LogP contribution < -0.4 is 11.3 Å². The van der Waals surface area contributed by atoms with Crippen LogP contribution in [-0.4, -0.2) is 5.97 Å². The summed E-state index contributed by atoms with van der Waals surface area (Å²) in [5, 5.41) is 10.1. The van der Waals surface area contributed by atoms with Crippen molar-refractivity contribution in [2.45, 2.75) is 33.6 Å². The Bertz CT molecular complexity index is 213. The molecule has 0 saturated heterocycles. The molecule has 0 heterocycles. The van der Waals surface area contributed by atoms with E-state index in [1.807, 2.05) is 13.8 Å². The molecule has 0 bridgehead atoms. The van der Waals surface area contributed by atoms with E-state index in [1.54, 1.807) is 6.92 Å². The summed E-state index contributed by atoms with van der Waals surface area (Å²) >= 11 is 0. The summed E-state index contributed by atoms with van der Waals surface area (Å²) in [6, 6.07) is 0. The van der Waals surface area contributed by atoms with Gasteiger partial charge in [-0.25, -0.2) is 0 Å². The number of carboxylic acids is 1. The molecule has 0 radical (unpaired) electrons. The average molecular weight is 185 g/mol. The molecule has 0 unspecified atom stereocenters. The predicted molar refractivity (Wildman–Crippen MR) is 53.4 cm³/mol. The molecule has 13 heavy (non-hydrogen) atoms. The maximum atomic E-state index is 10.1. The summed E-state index contributed by atoms with van der Waals surface area (Å²) in [4.78, 5) is 10.1. The molecule has 0 aliphatic heterocycles. The van der Waals surface area contributed by atoms with Gasteiger partial charge in [-0.15, -0.1) is 0 Å². The van der Waals surface area contributed by atoms with Crippen LogP contribution in [0.1, 0.15) is 33.6 Å². The Morgan fingerprint density at radius 3 is 2.23 bits per heavy atom. The van der Waals surface area contributed by atoms with Crippen LogP contribution in [0.2, 0.25) is 0 Å². The molecule has 76 valence electrons. The van der Waals surface area contributed by atoms with Gasteiger partial charge in [0.1, 0.15) is 0 Å². The number of carboxylic acid groups (broad SMARTS) is 1. The lowest BCUT2D eigenvalue weighted by Gasteiger charge is -1.99. The molecule has 3 nitrogen and oxygen atoms in total. The first-order valence-corrected chi connectivity index (χ1v) is 4.04. The minimum absolute atomic E-state index is 0. The second-order valence-corrected chi connectivity index (χ2v) is 3.13. The summed E-state index contributed by atoms with van der Waals surface area (Å²) in [5.74, 6) is -1.11. The average Bonchev–Trinajstić information content (AvgIpc) is 1.84. The largest absolute Gasteiger partial charge is 0.545 e. The number of hydrogen-bond donors (Lipinski definition) is 1. The van der Waals surface area contributed by atoms with Gasteiger partial charge in [0.15, 0.2) is 0 Å². The van der Waals surface area contributed by atoms with Crippen molar-refractivity contribution in [3.8, 4) is 0 Å². The van der Waals surface area contributed by atoms with Gasteiger partial charge in [-0.1, -0.05) is 17.2 Å². The van der Waals surface area contributed by atoms with Gasteiger partial charge in [-0.2, -0.15) is 0 Å². The first-order valence-electron chi connectivity index (χ1n) is 4.04. The van der Waals surface area contributed by atoms with Crippen LogP contribution in [0.4, 0.5) is 0 Å². The SMILES string of the molecule is CC(C)=CCC/C(C)=C/C(=O)[O-].[NH4+]. The summed E-state index contributed by atoms with van der Waals surface area (Å²) in [5.41, 5.74) is 2.11. The lowest BCUT2D eigenvalue weighted by Crippen LogP contribution is -2.19. The number of hydrogen-bond acceptors (Lipinski definition) is 2. The Kier molecular flexibility index (Phi) is 8.39. The molecule has 0 fully saturated rings. The molecule has 0 aliphatic carbocycles. The van der Waals surface area contributed by atoms with Crippen molar-refractivity contribution in [2.75, 3.05) is 0 Å². The lowest BCUT2D eigenvalue weighted by atomic mass is 10.1. The Hall–Kier alpha value is -1.09. The van der Waals surface area contributed by atoms with E-state index >= 15 is 0 Å². The third kappa shape index (κ3) is 10.9. The molecule has 0 amide bonds. The third-order valence-electron chi connectivity index (χ3n) is 1.46. The zero-order chi connectivity index (χ0) is 9.56. The van der Waals surface area contributed by atoms with E-state index in [4.69, 9.17) is 0 Å². The van der Waals surface area contributed by atoms with Crippen molar-refractivity contribution in [3.05, 3.63) is 23.3 Å². The molecule has 3 heteroatoms. The monoisotopic (exact) mass is 185 g/mol. The molecule has 0 spiro atoms. The molecular weight excluding hydrogens is 166 g/mol. The van der Waals surface area contributed by atoms with Crippen LogP contribution in [-0.2, 0) is 4.79 Å².